The number of alkyl halides is 2. The van der Waals surface area contributed by atoms with Crippen LogP contribution >= 0.6 is 0 Å². The first-order valence-electron chi connectivity index (χ1n) is 8.60. The molecule has 0 spiro atoms. The summed E-state index contributed by atoms with van der Waals surface area (Å²) in [6, 6.07) is 4.40. The maximum absolute atomic E-state index is 14.7. The number of fused-ring (bicyclic) bond motifs is 1. The molecule has 0 radical (unpaired) electrons. The predicted molar refractivity (Wildman–Crippen MR) is 90.7 cm³/mol. The molecule has 1 aliphatic heterocycles. The van der Waals surface area contributed by atoms with Crippen LogP contribution < -0.4 is 0 Å². The summed E-state index contributed by atoms with van der Waals surface area (Å²) in [6.45, 7) is 6.92. The highest BCUT2D eigenvalue weighted by Crippen LogP contribution is 2.70. The smallest absolute Gasteiger partial charge is 0.410 e. The molecule has 2 atom stereocenters. The number of amides is 1. The van der Waals surface area contributed by atoms with Crippen molar-refractivity contribution < 1.29 is 28.2 Å². The zero-order valence-corrected chi connectivity index (χ0v) is 15.3. The van der Waals surface area contributed by atoms with Crippen molar-refractivity contribution in [3.05, 3.63) is 34.9 Å². The Balaban J connectivity index is 1.84. The van der Waals surface area contributed by atoms with Gasteiger partial charge in [-0.25, -0.2) is 18.4 Å². The van der Waals surface area contributed by atoms with Crippen LogP contribution in [0.3, 0.4) is 0 Å². The number of carboxylic acids is 1. The summed E-state index contributed by atoms with van der Waals surface area (Å²) in [6.07, 6.45) is -0.457. The van der Waals surface area contributed by atoms with E-state index in [1.807, 2.05) is 0 Å². The number of piperidine rings is 1. The van der Waals surface area contributed by atoms with E-state index in [0.717, 1.165) is 0 Å². The fraction of sp³-hybridized carbons (Fsp3) is 0.579. The zero-order chi connectivity index (χ0) is 19.5. The minimum atomic E-state index is -2.93. The van der Waals surface area contributed by atoms with E-state index in [9.17, 15) is 18.4 Å². The Kier molecular flexibility index (Phi) is 4.05. The first-order valence-corrected chi connectivity index (χ1v) is 8.60. The normalized spacial score (nSPS) is 26.8. The molecular formula is C19H23F2NO4. The number of rotatable bonds is 2. The number of halogens is 2. The summed E-state index contributed by atoms with van der Waals surface area (Å²) in [5.41, 5.74) is -0.995. The number of carboxylic acid groups (broad SMARTS) is 1. The second kappa shape index (κ2) is 5.66. The number of carbonyl (C=O) groups is 2. The van der Waals surface area contributed by atoms with Crippen LogP contribution in [0.5, 0.6) is 0 Å². The minimum Gasteiger partial charge on any atom is -0.478 e. The van der Waals surface area contributed by atoms with E-state index in [2.05, 4.69) is 0 Å². The number of likely N-dealkylation sites (tertiary alicyclic amines) is 1. The quantitative estimate of drug-likeness (QED) is 0.863. The van der Waals surface area contributed by atoms with Crippen molar-refractivity contribution >= 4 is 12.1 Å². The van der Waals surface area contributed by atoms with E-state index in [1.165, 1.54) is 17.0 Å². The van der Waals surface area contributed by atoms with Gasteiger partial charge in [0.05, 0.1) is 16.9 Å². The van der Waals surface area contributed by atoms with Crippen molar-refractivity contribution in [2.75, 3.05) is 13.1 Å². The van der Waals surface area contributed by atoms with Gasteiger partial charge in [-0.15, -0.1) is 0 Å². The Morgan fingerprint density at radius 2 is 1.96 bits per heavy atom. The molecule has 3 rings (SSSR count). The summed E-state index contributed by atoms with van der Waals surface area (Å²) in [5, 5.41) is 9.13. The van der Waals surface area contributed by atoms with Crippen LogP contribution in [-0.2, 0) is 10.2 Å². The van der Waals surface area contributed by atoms with E-state index in [-0.39, 0.29) is 25.1 Å². The van der Waals surface area contributed by atoms with Gasteiger partial charge in [-0.05, 0) is 51.3 Å². The third kappa shape index (κ3) is 2.73. The molecule has 2 unspecified atom stereocenters. The molecule has 1 aliphatic carbocycles. The third-order valence-electron chi connectivity index (χ3n) is 5.35. The molecule has 5 nitrogen and oxygen atoms in total. The molecular weight excluding hydrogens is 344 g/mol. The molecule has 2 aliphatic rings. The number of ether oxygens (including phenoxy) is 1. The lowest BCUT2D eigenvalue weighted by molar-refractivity contribution is 0.0194. The van der Waals surface area contributed by atoms with Crippen LogP contribution in [0.15, 0.2) is 18.2 Å². The maximum atomic E-state index is 14.7. The number of benzene rings is 1. The van der Waals surface area contributed by atoms with Gasteiger partial charge in [-0.2, -0.15) is 0 Å². The van der Waals surface area contributed by atoms with Crippen molar-refractivity contribution in [3.8, 4) is 0 Å². The molecule has 26 heavy (non-hydrogen) atoms. The molecule has 1 amide bonds. The number of carbonyl (C=O) groups excluding carboxylic acids is 1. The van der Waals surface area contributed by atoms with Crippen molar-refractivity contribution in [3.63, 3.8) is 0 Å². The van der Waals surface area contributed by atoms with Gasteiger partial charge in [0.25, 0.3) is 5.92 Å². The second-order valence-electron chi connectivity index (χ2n) is 8.16. The van der Waals surface area contributed by atoms with Crippen LogP contribution in [-0.4, -0.2) is 46.7 Å². The van der Waals surface area contributed by atoms with Gasteiger partial charge in [0.2, 0.25) is 0 Å². The van der Waals surface area contributed by atoms with Gasteiger partial charge in [-0.1, -0.05) is 12.1 Å². The summed E-state index contributed by atoms with van der Waals surface area (Å²) in [7, 11) is 0. The first kappa shape index (κ1) is 18.6. The summed E-state index contributed by atoms with van der Waals surface area (Å²) < 4.78 is 34.7. The SMILES string of the molecule is Cc1cc(C23CCN(C(=O)OC(C)(C)C)CC2C3(F)F)ccc1C(=O)O. The zero-order valence-electron chi connectivity index (χ0n) is 15.3. The molecule has 2 fully saturated rings. The van der Waals surface area contributed by atoms with Crippen molar-refractivity contribution in [1.82, 2.24) is 4.90 Å². The molecule has 1 N–H and O–H groups in total. The van der Waals surface area contributed by atoms with Crippen molar-refractivity contribution in [1.29, 1.82) is 0 Å². The average Bonchev–Trinajstić information content (AvgIpc) is 3.02. The first-order chi connectivity index (χ1) is 11.9. The predicted octanol–water partition coefficient (Wildman–Crippen LogP) is 3.84. The largest absolute Gasteiger partial charge is 0.478 e. The van der Waals surface area contributed by atoms with Gasteiger partial charge in [-0.3, -0.25) is 0 Å². The van der Waals surface area contributed by atoms with E-state index >= 15 is 0 Å². The van der Waals surface area contributed by atoms with Crippen LogP contribution in [0, 0.1) is 12.8 Å². The fourth-order valence-corrected chi connectivity index (χ4v) is 3.98. The van der Waals surface area contributed by atoms with E-state index in [1.54, 1.807) is 33.8 Å². The Labute approximate surface area is 150 Å². The highest BCUT2D eigenvalue weighted by molar-refractivity contribution is 5.89. The third-order valence-corrected chi connectivity index (χ3v) is 5.35. The molecule has 1 aromatic carbocycles. The number of aryl methyl sites for hydroxylation is 1. The van der Waals surface area contributed by atoms with Gasteiger partial charge in [0, 0.05) is 13.1 Å². The highest BCUT2D eigenvalue weighted by Gasteiger charge is 2.82. The molecule has 142 valence electrons. The van der Waals surface area contributed by atoms with Crippen LogP contribution in [0.2, 0.25) is 0 Å². The molecule has 0 bridgehead atoms. The van der Waals surface area contributed by atoms with E-state index in [4.69, 9.17) is 9.84 Å². The summed E-state index contributed by atoms with van der Waals surface area (Å²) >= 11 is 0. The molecule has 1 heterocycles. The van der Waals surface area contributed by atoms with Gasteiger partial charge in [0.1, 0.15) is 5.60 Å². The minimum absolute atomic E-state index is 0.0678. The van der Waals surface area contributed by atoms with Crippen LogP contribution in [0.4, 0.5) is 13.6 Å². The number of nitrogens with zero attached hydrogens (tertiary/aromatic N) is 1. The Bertz CT molecular complexity index is 771. The number of hydrogen-bond donors (Lipinski definition) is 1. The molecule has 7 heteroatoms. The van der Waals surface area contributed by atoms with Gasteiger partial charge < -0.3 is 14.7 Å². The van der Waals surface area contributed by atoms with Crippen LogP contribution in [0.25, 0.3) is 0 Å². The maximum Gasteiger partial charge on any atom is 0.410 e. The Hall–Kier alpha value is -2.18. The molecule has 1 aromatic rings. The van der Waals surface area contributed by atoms with Gasteiger partial charge >= 0.3 is 12.1 Å². The summed E-state index contributed by atoms with van der Waals surface area (Å²) in [4.78, 5) is 24.7. The standard InChI is InChI=1S/C19H23F2NO4/c1-11-9-12(5-6-13(11)15(23)24)18-7-8-22(10-14(18)19(18,20)21)16(25)26-17(2,3)4/h5-6,9,14H,7-8,10H2,1-4H3,(H,23,24). The molecule has 0 aromatic heterocycles. The number of hydrogen-bond acceptors (Lipinski definition) is 3. The van der Waals surface area contributed by atoms with E-state index in [0.29, 0.717) is 11.1 Å². The topological polar surface area (TPSA) is 66.8 Å². The second-order valence-corrected chi connectivity index (χ2v) is 8.16. The number of aromatic carboxylic acids is 1. The summed E-state index contributed by atoms with van der Waals surface area (Å²) in [5.74, 6) is -4.99. The Morgan fingerprint density at radius 1 is 1.31 bits per heavy atom. The van der Waals surface area contributed by atoms with Crippen molar-refractivity contribution in [2.45, 2.75) is 51.1 Å². The van der Waals surface area contributed by atoms with Crippen molar-refractivity contribution in [2.24, 2.45) is 5.92 Å². The lowest BCUT2D eigenvalue weighted by Crippen LogP contribution is -2.43. The highest BCUT2D eigenvalue weighted by atomic mass is 19.3. The average molecular weight is 367 g/mol. The van der Waals surface area contributed by atoms with Gasteiger partial charge in [0.15, 0.2) is 0 Å². The molecule has 1 saturated carbocycles. The van der Waals surface area contributed by atoms with Crippen LogP contribution in [0.1, 0.15) is 48.7 Å². The van der Waals surface area contributed by atoms with E-state index < -0.39 is 34.9 Å². The monoisotopic (exact) mass is 367 g/mol. The fourth-order valence-electron chi connectivity index (χ4n) is 3.98. The Morgan fingerprint density at radius 3 is 2.46 bits per heavy atom. The lowest BCUT2D eigenvalue weighted by Gasteiger charge is -2.32. The molecule has 1 saturated heterocycles. The lowest BCUT2D eigenvalue weighted by atomic mass is 9.85.